The Labute approximate surface area is 94.2 Å². The van der Waals surface area contributed by atoms with Crippen LogP contribution >= 0.6 is 0 Å². The number of carbonyl (C=O) groups excluding carboxylic acids is 1. The molecule has 0 saturated carbocycles. The van der Waals surface area contributed by atoms with Crippen molar-refractivity contribution in [2.75, 3.05) is 7.11 Å². The van der Waals surface area contributed by atoms with Crippen molar-refractivity contribution < 1.29 is 9.53 Å². The molecule has 0 N–H and O–H groups in total. The molecule has 0 aliphatic heterocycles. The summed E-state index contributed by atoms with van der Waals surface area (Å²) in [5.74, 6) is -0.393. The zero-order valence-electron chi connectivity index (χ0n) is 9.07. The summed E-state index contributed by atoms with van der Waals surface area (Å²) >= 11 is 0. The molecule has 16 heavy (non-hydrogen) atoms. The van der Waals surface area contributed by atoms with Crippen molar-refractivity contribution in [1.82, 2.24) is 0 Å². The van der Waals surface area contributed by atoms with Crippen LogP contribution in [0.2, 0.25) is 0 Å². The van der Waals surface area contributed by atoms with Crippen LogP contribution in [0.4, 0.5) is 0 Å². The summed E-state index contributed by atoms with van der Waals surface area (Å²) in [6, 6.07) is 13.8. The Bertz CT molecular complexity index is 555. The van der Waals surface area contributed by atoms with E-state index in [1.807, 2.05) is 42.5 Å². The Morgan fingerprint density at radius 3 is 2.50 bits per heavy atom. The molecule has 2 rings (SSSR count). The predicted octanol–water partition coefficient (Wildman–Crippen LogP) is 3.03. The van der Waals surface area contributed by atoms with Crippen molar-refractivity contribution in [2.45, 2.75) is 0 Å². The van der Waals surface area contributed by atoms with Gasteiger partial charge < -0.3 is 4.74 Å². The minimum Gasteiger partial charge on any atom is -0.465 e. The normalized spacial score (nSPS) is 10.1. The maximum absolute atomic E-state index is 11.3. The Morgan fingerprint density at radius 2 is 1.81 bits per heavy atom. The van der Waals surface area contributed by atoms with Crippen molar-refractivity contribution in [1.29, 1.82) is 0 Å². The molecule has 0 saturated heterocycles. The molecule has 2 aromatic rings. The van der Waals surface area contributed by atoms with Crippen LogP contribution in [-0.2, 0) is 9.53 Å². The number of hydrogen-bond acceptors (Lipinski definition) is 2. The second-order valence-electron chi connectivity index (χ2n) is 3.53. The van der Waals surface area contributed by atoms with Gasteiger partial charge in [0.2, 0.25) is 0 Å². The van der Waals surface area contributed by atoms with Crippen LogP contribution in [0.15, 0.2) is 49.0 Å². The van der Waals surface area contributed by atoms with E-state index in [0.29, 0.717) is 5.57 Å². The summed E-state index contributed by atoms with van der Waals surface area (Å²) < 4.78 is 4.64. The molecule has 2 heteroatoms. The van der Waals surface area contributed by atoms with Gasteiger partial charge in [0.1, 0.15) is 0 Å². The maximum Gasteiger partial charge on any atom is 0.337 e. The third-order valence-corrected chi connectivity index (χ3v) is 2.53. The fraction of sp³-hybridized carbons (Fsp3) is 0.0714. The molecule has 80 valence electrons. The van der Waals surface area contributed by atoms with Gasteiger partial charge in [0.05, 0.1) is 12.7 Å². The highest BCUT2D eigenvalue weighted by atomic mass is 16.5. The molecule has 2 aromatic carbocycles. The first kappa shape index (κ1) is 10.4. The first-order valence-corrected chi connectivity index (χ1v) is 4.99. The molecule has 0 aliphatic rings. The average molecular weight is 212 g/mol. The minimum absolute atomic E-state index is 0.383. The molecule has 0 heterocycles. The fourth-order valence-electron chi connectivity index (χ4n) is 1.62. The predicted molar refractivity (Wildman–Crippen MR) is 65.0 cm³/mol. The van der Waals surface area contributed by atoms with Gasteiger partial charge in [0.15, 0.2) is 0 Å². The van der Waals surface area contributed by atoms with Gasteiger partial charge >= 0.3 is 5.97 Å². The molecule has 0 unspecified atom stereocenters. The van der Waals surface area contributed by atoms with Crippen molar-refractivity contribution in [3.8, 4) is 0 Å². The third kappa shape index (κ3) is 1.82. The Balaban J connectivity index is 2.47. The van der Waals surface area contributed by atoms with E-state index in [9.17, 15) is 4.79 Å². The topological polar surface area (TPSA) is 26.3 Å². The van der Waals surface area contributed by atoms with E-state index in [2.05, 4.69) is 11.3 Å². The first-order valence-electron chi connectivity index (χ1n) is 4.99. The molecular weight excluding hydrogens is 200 g/mol. The molecule has 0 fully saturated rings. The molecule has 0 atom stereocenters. The molecule has 0 bridgehead atoms. The first-order chi connectivity index (χ1) is 7.72. The number of esters is 1. The summed E-state index contributed by atoms with van der Waals surface area (Å²) in [5.41, 5.74) is 1.18. The van der Waals surface area contributed by atoms with Crippen LogP contribution in [-0.4, -0.2) is 13.1 Å². The van der Waals surface area contributed by atoms with Crippen LogP contribution in [0.5, 0.6) is 0 Å². The number of rotatable bonds is 2. The van der Waals surface area contributed by atoms with E-state index in [1.165, 1.54) is 7.11 Å². The number of methoxy groups -OCH3 is 1. The van der Waals surface area contributed by atoms with E-state index < -0.39 is 5.97 Å². The van der Waals surface area contributed by atoms with Gasteiger partial charge in [-0.2, -0.15) is 0 Å². The van der Waals surface area contributed by atoms with Crippen LogP contribution in [0.3, 0.4) is 0 Å². The Hall–Kier alpha value is -2.09. The zero-order valence-corrected chi connectivity index (χ0v) is 9.07. The lowest BCUT2D eigenvalue weighted by Crippen LogP contribution is -2.02. The Kier molecular flexibility index (Phi) is 2.73. The quantitative estimate of drug-likeness (QED) is 0.565. The van der Waals surface area contributed by atoms with Gasteiger partial charge in [-0.25, -0.2) is 4.79 Å². The van der Waals surface area contributed by atoms with Gasteiger partial charge in [0.25, 0.3) is 0 Å². The lowest BCUT2D eigenvalue weighted by atomic mass is 10.0. The van der Waals surface area contributed by atoms with Crippen LogP contribution < -0.4 is 0 Å². The largest absolute Gasteiger partial charge is 0.465 e. The minimum atomic E-state index is -0.393. The molecule has 0 spiro atoms. The number of benzene rings is 2. The van der Waals surface area contributed by atoms with E-state index in [4.69, 9.17) is 0 Å². The highest BCUT2D eigenvalue weighted by Crippen LogP contribution is 2.20. The second kappa shape index (κ2) is 4.19. The summed E-state index contributed by atoms with van der Waals surface area (Å²) in [5, 5.41) is 2.23. The van der Waals surface area contributed by atoms with E-state index in [-0.39, 0.29) is 0 Å². The van der Waals surface area contributed by atoms with Crippen LogP contribution in [0.1, 0.15) is 5.56 Å². The molecule has 0 aliphatic carbocycles. The summed E-state index contributed by atoms with van der Waals surface area (Å²) in [4.78, 5) is 11.3. The van der Waals surface area contributed by atoms with Crippen molar-refractivity contribution in [3.63, 3.8) is 0 Å². The van der Waals surface area contributed by atoms with Gasteiger partial charge in [-0.05, 0) is 22.4 Å². The molecule has 0 aromatic heterocycles. The zero-order chi connectivity index (χ0) is 11.5. The number of fused-ring (bicyclic) bond motifs is 1. The number of hydrogen-bond donors (Lipinski definition) is 0. The molecule has 2 nitrogen and oxygen atoms in total. The van der Waals surface area contributed by atoms with Crippen molar-refractivity contribution in [3.05, 3.63) is 54.6 Å². The highest BCUT2D eigenvalue weighted by molar-refractivity contribution is 6.16. The van der Waals surface area contributed by atoms with Gasteiger partial charge in [-0.3, -0.25) is 0 Å². The van der Waals surface area contributed by atoms with Crippen LogP contribution in [0.25, 0.3) is 16.3 Å². The number of carbonyl (C=O) groups is 1. The average Bonchev–Trinajstić information content (AvgIpc) is 2.36. The van der Waals surface area contributed by atoms with Gasteiger partial charge in [-0.1, -0.05) is 43.0 Å². The summed E-state index contributed by atoms with van der Waals surface area (Å²) in [6.45, 7) is 3.73. The van der Waals surface area contributed by atoms with E-state index >= 15 is 0 Å². The number of ether oxygens (including phenoxy) is 1. The van der Waals surface area contributed by atoms with Gasteiger partial charge in [-0.15, -0.1) is 0 Å². The van der Waals surface area contributed by atoms with Crippen LogP contribution in [0, 0.1) is 0 Å². The summed E-state index contributed by atoms with van der Waals surface area (Å²) in [6.07, 6.45) is 0. The summed E-state index contributed by atoms with van der Waals surface area (Å²) in [7, 11) is 1.36. The monoisotopic (exact) mass is 212 g/mol. The standard InChI is InChI=1S/C14H12O2/c1-10(14(15)16-2)12-8-7-11-5-3-4-6-13(11)9-12/h3-9H,1H2,2H3. The molecule has 0 amide bonds. The van der Waals surface area contributed by atoms with Crippen molar-refractivity contribution in [2.24, 2.45) is 0 Å². The maximum atomic E-state index is 11.3. The molecular formula is C14H12O2. The smallest absolute Gasteiger partial charge is 0.337 e. The SMILES string of the molecule is C=C(C(=O)OC)c1ccc2ccccc2c1. The fourth-order valence-corrected chi connectivity index (χ4v) is 1.62. The van der Waals surface area contributed by atoms with Gasteiger partial charge in [0, 0.05) is 0 Å². The third-order valence-electron chi connectivity index (χ3n) is 2.53. The second-order valence-corrected chi connectivity index (χ2v) is 3.53. The lowest BCUT2D eigenvalue weighted by molar-refractivity contribution is -0.133. The lowest BCUT2D eigenvalue weighted by Gasteiger charge is -2.05. The molecule has 0 radical (unpaired) electrons. The van der Waals surface area contributed by atoms with E-state index in [0.717, 1.165) is 16.3 Å². The highest BCUT2D eigenvalue weighted by Gasteiger charge is 2.09. The van der Waals surface area contributed by atoms with E-state index in [1.54, 1.807) is 0 Å². The Morgan fingerprint density at radius 1 is 1.12 bits per heavy atom. The van der Waals surface area contributed by atoms with Crippen molar-refractivity contribution >= 4 is 22.3 Å².